The monoisotopic (exact) mass is 393 g/mol. The Morgan fingerprint density at radius 3 is 2.39 bits per heavy atom. The topological polar surface area (TPSA) is 98.7 Å². The van der Waals surface area contributed by atoms with Gasteiger partial charge in [0.05, 0.1) is 11.8 Å². The van der Waals surface area contributed by atoms with Gasteiger partial charge in [0, 0.05) is 31.7 Å². The minimum atomic E-state index is -0.628. The molecule has 0 bridgehead atoms. The molecule has 0 unspecified atom stereocenters. The van der Waals surface area contributed by atoms with Crippen molar-refractivity contribution in [1.82, 2.24) is 15.5 Å². The molecular formula is C21H35N3O4. The zero-order chi connectivity index (χ0) is 21.1. The minimum absolute atomic E-state index is 0.0196. The number of unbranched alkanes of at least 4 members (excludes halogenated alkanes) is 1. The van der Waals surface area contributed by atoms with Gasteiger partial charge < -0.3 is 20.6 Å². The van der Waals surface area contributed by atoms with Gasteiger partial charge in [-0.3, -0.25) is 14.4 Å². The molecule has 158 valence electrons. The molecule has 1 heterocycles. The van der Waals surface area contributed by atoms with Crippen LogP contribution < -0.4 is 10.6 Å². The van der Waals surface area contributed by atoms with Crippen LogP contribution in [0.5, 0.6) is 0 Å². The second-order valence-corrected chi connectivity index (χ2v) is 8.85. The highest BCUT2D eigenvalue weighted by Crippen LogP contribution is 2.45. The van der Waals surface area contributed by atoms with Crippen LogP contribution in [0.2, 0.25) is 0 Å². The van der Waals surface area contributed by atoms with Crippen LogP contribution in [0.25, 0.3) is 0 Å². The quantitative estimate of drug-likeness (QED) is 0.445. The lowest BCUT2D eigenvalue weighted by molar-refractivity contribution is -0.141. The summed E-state index contributed by atoms with van der Waals surface area (Å²) < 4.78 is 0. The molecule has 5 atom stereocenters. The number of aliphatic hydroxyl groups is 1. The summed E-state index contributed by atoms with van der Waals surface area (Å²) in [5.41, 5.74) is -0.417. The molecule has 1 aliphatic carbocycles. The van der Waals surface area contributed by atoms with E-state index < -0.39 is 23.4 Å². The fourth-order valence-electron chi connectivity index (χ4n) is 4.49. The average molecular weight is 394 g/mol. The summed E-state index contributed by atoms with van der Waals surface area (Å²) in [6.45, 7) is 8.19. The number of allylic oxidation sites excluding steroid dienone is 1. The van der Waals surface area contributed by atoms with Crippen molar-refractivity contribution in [2.45, 2.75) is 58.5 Å². The van der Waals surface area contributed by atoms with Gasteiger partial charge in [-0.1, -0.05) is 19.1 Å². The number of carbonyl (C=O) groups excluding carboxylic acids is 3. The van der Waals surface area contributed by atoms with E-state index in [0.717, 1.165) is 6.42 Å². The third kappa shape index (κ3) is 4.57. The maximum absolute atomic E-state index is 13.4. The van der Waals surface area contributed by atoms with E-state index in [2.05, 4.69) is 10.6 Å². The van der Waals surface area contributed by atoms with E-state index in [1.54, 1.807) is 11.9 Å². The van der Waals surface area contributed by atoms with Crippen LogP contribution >= 0.6 is 0 Å². The normalized spacial score (nSPS) is 29.6. The first-order chi connectivity index (χ1) is 13.2. The molecule has 2 aliphatic rings. The molecule has 1 fully saturated rings. The standard InChI is InChI=1S/C21H35N3O4/c1-6-13-9-10-14-16(15(13)18(26)22-5)20(28)24(11-7-8-12-25)17(14)19(27)23-21(2,3)4/h9-10,13-17,25H,6-8,11-12H2,1-5H3,(H,22,26)(H,23,27)/t13-,14+,15-,16-,17+/m1/s1. The summed E-state index contributed by atoms with van der Waals surface area (Å²) in [6, 6.07) is -0.628. The van der Waals surface area contributed by atoms with E-state index in [0.29, 0.717) is 19.4 Å². The smallest absolute Gasteiger partial charge is 0.243 e. The largest absolute Gasteiger partial charge is 0.396 e. The van der Waals surface area contributed by atoms with Crippen LogP contribution in [-0.4, -0.2) is 59.5 Å². The lowest BCUT2D eigenvalue weighted by Gasteiger charge is -2.34. The van der Waals surface area contributed by atoms with Crippen LogP contribution in [0.1, 0.15) is 47.0 Å². The average Bonchev–Trinajstić information content (AvgIpc) is 2.91. The molecule has 2 rings (SSSR count). The molecule has 1 saturated heterocycles. The van der Waals surface area contributed by atoms with Crippen LogP contribution in [0, 0.1) is 23.7 Å². The Hall–Kier alpha value is -1.89. The van der Waals surface area contributed by atoms with Gasteiger partial charge in [0.2, 0.25) is 17.7 Å². The third-order valence-corrected chi connectivity index (χ3v) is 5.71. The van der Waals surface area contributed by atoms with Gasteiger partial charge in [0.25, 0.3) is 0 Å². The van der Waals surface area contributed by atoms with E-state index in [1.165, 1.54) is 0 Å². The molecule has 0 aromatic heterocycles. The molecule has 0 saturated carbocycles. The predicted octanol–water partition coefficient (Wildman–Crippen LogP) is 1.08. The fraction of sp³-hybridized carbons (Fsp3) is 0.762. The summed E-state index contributed by atoms with van der Waals surface area (Å²) in [4.78, 5) is 40.8. The van der Waals surface area contributed by atoms with Crippen molar-refractivity contribution >= 4 is 17.7 Å². The Kier molecular flexibility index (Phi) is 7.26. The number of nitrogens with zero attached hydrogens (tertiary/aromatic N) is 1. The number of hydrogen-bond acceptors (Lipinski definition) is 4. The number of nitrogens with one attached hydrogen (secondary N) is 2. The van der Waals surface area contributed by atoms with E-state index in [4.69, 9.17) is 5.11 Å². The number of aliphatic hydroxyl groups excluding tert-OH is 1. The minimum Gasteiger partial charge on any atom is -0.396 e. The van der Waals surface area contributed by atoms with Crippen molar-refractivity contribution in [3.8, 4) is 0 Å². The Bertz CT molecular complexity index is 626. The first-order valence-corrected chi connectivity index (χ1v) is 10.3. The van der Waals surface area contributed by atoms with Crippen molar-refractivity contribution in [3.63, 3.8) is 0 Å². The molecule has 1 aliphatic heterocycles. The highest BCUT2D eigenvalue weighted by molar-refractivity contribution is 5.96. The van der Waals surface area contributed by atoms with E-state index in [-0.39, 0.29) is 36.2 Å². The van der Waals surface area contributed by atoms with Gasteiger partial charge >= 0.3 is 0 Å². The summed E-state index contributed by atoms with van der Waals surface area (Å²) in [5, 5.41) is 14.8. The molecular weight excluding hydrogens is 358 g/mol. The van der Waals surface area contributed by atoms with Crippen molar-refractivity contribution in [2.75, 3.05) is 20.2 Å². The molecule has 0 aromatic rings. The van der Waals surface area contributed by atoms with Crippen LogP contribution in [0.15, 0.2) is 12.2 Å². The zero-order valence-electron chi connectivity index (χ0n) is 17.7. The summed E-state index contributed by atoms with van der Waals surface area (Å²) in [6.07, 6.45) is 5.91. The van der Waals surface area contributed by atoms with E-state index >= 15 is 0 Å². The number of rotatable bonds is 7. The lowest BCUT2D eigenvalue weighted by Crippen LogP contribution is -2.52. The first kappa shape index (κ1) is 22.4. The number of likely N-dealkylation sites (tertiary alicyclic amines) is 1. The summed E-state index contributed by atoms with van der Waals surface area (Å²) in [5.74, 6) is -1.80. The van der Waals surface area contributed by atoms with Crippen molar-refractivity contribution in [2.24, 2.45) is 23.7 Å². The maximum atomic E-state index is 13.4. The van der Waals surface area contributed by atoms with Crippen molar-refractivity contribution in [3.05, 3.63) is 12.2 Å². The molecule has 28 heavy (non-hydrogen) atoms. The number of hydrogen-bond donors (Lipinski definition) is 3. The van der Waals surface area contributed by atoms with Gasteiger partial charge in [0.1, 0.15) is 6.04 Å². The zero-order valence-corrected chi connectivity index (χ0v) is 17.7. The van der Waals surface area contributed by atoms with Gasteiger partial charge in [0.15, 0.2) is 0 Å². The maximum Gasteiger partial charge on any atom is 0.243 e. The Balaban J connectivity index is 2.41. The van der Waals surface area contributed by atoms with Crippen molar-refractivity contribution < 1.29 is 19.5 Å². The van der Waals surface area contributed by atoms with Crippen LogP contribution in [-0.2, 0) is 14.4 Å². The highest BCUT2D eigenvalue weighted by atomic mass is 16.3. The Labute approximate surface area is 167 Å². The number of amides is 3. The second kappa shape index (κ2) is 9.07. The third-order valence-electron chi connectivity index (χ3n) is 5.71. The van der Waals surface area contributed by atoms with Gasteiger partial charge in [-0.2, -0.15) is 0 Å². The van der Waals surface area contributed by atoms with Gasteiger partial charge in [-0.25, -0.2) is 0 Å². The molecule has 7 nitrogen and oxygen atoms in total. The molecule has 0 aromatic carbocycles. The van der Waals surface area contributed by atoms with Crippen molar-refractivity contribution in [1.29, 1.82) is 0 Å². The fourth-order valence-corrected chi connectivity index (χ4v) is 4.49. The predicted molar refractivity (Wildman–Crippen MR) is 107 cm³/mol. The summed E-state index contributed by atoms with van der Waals surface area (Å²) >= 11 is 0. The second-order valence-electron chi connectivity index (χ2n) is 8.85. The molecule has 3 amide bonds. The number of fused-ring (bicyclic) bond motifs is 1. The summed E-state index contributed by atoms with van der Waals surface area (Å²) in [7, 11) is 1.59. The first-order valence-electron chi connectivity index (χ1n) is 10.3. The number of carbonyl (C=O) groups is 3. The molecule has 0 spiro atoms. The van der Waals surface area contributed by atoms with Gasteiger partial charge in [-0.05, 0) is 46.0 Å². The van der Waals surface area contributed by atoms with Gasteiger partial charge in [-0.15, -0.1) is 0 Å². The Morgan fingerprint density at radius 2 is 1.86 bits per heavy atom. The van der Waals surface area contributed by atoms with Crippen LogP contribution in [0.4, 0.5) is 0 Å². The van der Waals surface area contributed by atoms with E-state index in [9.17, 15) is 14.4 Å². The lowest BCUT2D eigenvalue weighted by atomic mass is 9.68. The van der Waals surface area contributed by atoms with E-state index in [1.807, 2.05) is 39.8 Å². The van der Waals surface area contributed by atoms with Crippen LogP contribution in [0.3, 0.4) is 0 Å². The highest BCUT2D eigenvalue weighted by Gasteiger charge is 2.56. The molecule has 7 heteroatoms. The SMILES string of the molecule is CC[C@@H]1C=C[C@H]2[C@@H](C(=O)N(CCCCO)[C@@H]2C(=O)NC(C)(C)C)[C@@H]1C(=O)NC. The molecule has 0 radical (unpaired) electrons. The molecule has 3 N–H and O–H groups in total. The Morgan fingerprint density at radius 1 is 1.18 bits per heavy atom.